The summed E-state index contributed by atoms with van der Waals surface area (Å²) in [6, 6.07) is 8.23. The molecule has 2 nitrogen and oxygen atoms in total. The zero-order chi connectivity index (χ0) is 11.8. The van der Waals surface area contributed by atoms with Gasteiger partial charge in [0.1, 0.15) is 12.4 Å². The third kappa shape index (κ3) is 4.99. The highest BCUT2D eigenvalue weighted by Crippen LogP contribution is 2.12. The van der Waals surface area contributed by atoms with Crippen molar-refractivity contribution in [1.82, 2.24) is 5.32 Å². The fourth-order valence-corrected chi connectivity index (χ4v) is 1.28. The van der Waals surface area contributed by atoms with E-state index in [0.29, 0.717) is 6.61 Å². The first-order chi connectivity index (χ1) is 7.72. The molecule has 88 valence electrons. The monoisotopic (exact) mass is 219 g/mol. The van der Waals surface area contributed by atoms with E-state index >= 15 is 0 Å². The third-order valence-electron chi connectivity index (χ3n) is 2.24. The van der Waals surface area contributed by atoms with Gasteiger partial charge in [0.15, 0.2) is 0 Å². The Hall–Kier alpha value is -1.28. The van der Waals surface area contributed by atoms with E-state index in [1.807, 2.05) is 12.1 Å². The zero-order valence-corrected chi connectivity index (χ0v) is 10.4. The Balaban J connectivity index is 2.42. The van der Waals surface area contributed by atoms with Gasteiger partial charge in [0.05, 0.1) is 0 Å². The van der Waals surface area contributed by atoms with E-state index in [9.17, 15) is 0 Å². The van der Waals surface area contributed by atoms with Crippen molar-refractivity contribution in [2.75, 3.05) is 13.2 Å². The second-order valence-corrected chi connectivity index (χ2v) is 4.02. The van der Waals surface area contributed by atoms with Crippen molar-refractivity contribution in [2.45, 2.75) is 27.3 Å². The first-order valence-corrected chi connectivity index (χ1v) is 5.78. The fraction of sp³-hybridized carbons (Fsp3) is 0.429. The van der Waals surface area contributed by atoms with Crippen molar-refractivity contribution in [3.63, 3.8) is 0 Å². The van der Waals surface area contributed by atoms with Crippen LogP contribution in [0.3, 0.4) is 0 Å². The van der Waals surface area contributed by atoms with Crippen molar-refractivity contribution < 1.29 is 4.74 Å². The lowest BCUT2D eigenvalue weighted by atomic mass is 10.2. The molecule has 0 aliphatic carbocycles. The van der Waals surface area contributed by atoms with Gasteiger partial charge >= 0.3 is 0 Å². The van der Waals surface area contributed by atoms with Crippen molar-refractivity contribution in [3.05, 3.63) is 41.5 Å². The average molecular weight is 219 g/mol. The van der Waals surface area contributed by atoms with Gasteiger partial charge in [-0.15, -0.1) is 0 Å². The molecule has 0 aromatic heterocycles. The summed E-state index contributed by atoms with van der Waals surface area (Å²) >= 11 is 0. The summed E-state index contributed by atoms with van der Waals surface area (Å²) in [4.78, 5) is 0. The maximum Gasteiger partial charge on any atom is 0.119 e. The summed E-state index contributed by atoms with van der Waals surface area (Å²) in [5.74, 6) is 0.928. The number of nitrogens with one attached hydrogen (secondary N) is 1. The normalized spacial score (nSPS) is 9.94. The molecule has 0 saturated heterocycles. The standard InChI is InChI=1S/C14H21NO/c1-4-15-11-13-5-7-14(8-6-13)16-10-9-12(2)3/h5-9,15H,4,10-11H2,1-3H3. The van der Waals surface area contributed by atoms with Crippen LogP contribution in [0.25, 0.3) is 0 Å². The molecule has 1 N–H and O–H groups in total. The summed E-state index contributed by atoms with van der Waals surface area (Å²) in [6.07, 6.45) is 2.08. The van der Waals surface area contributed by atoms with E-state index in [1.54, 1.807) is 0 Å². The van der Waals surface area contributed by atoms with Gasteiger partial charge in [-0.25, -0.2) is 0 Å². The van der Waals surface area contributed by atoms with E-state index in [-0.39, 0.29) is 0 Å². The highest BCUT2D eigenvalue weighted by molar-refractivity contribution is 5.27. The van der Waals surface area contributed by atoms with E-state index in [1.165, 1.54) is 11.1 Å². The zero-order valence-electron chi connectivity index (χ0n) is 10.4. The maximum atomic E-state index is 5.58. The highest BCUT2D eigenvalue weighted by atomic mass is 16.5. The van der Waals surface area contributed by atoms with Crippen LogP contribution in [-0.4, -0.2) is 13.2 Å². The van der Waals surface area contributed by atoms with Gasteiger partial charge in [0.2, 0.25) is 0 Å². The Kier molecular flexibility index (Phi) is 5.65. The summed E-state index contributed by atoms with van der Waals surface area (Å²) in [7, 11) is 0. The van der Waals surface area contributed by atoms with Gasteiger partial charge in [0, 0.05) is 6.54 Å². The predicted molar refractivity (Wildman–Crippen MR) is 68.7 cm³/mol. The topological polar surface area (TPSA) is 21.3 Å². The van der Waals surface area contributed by atoms with Gasteiger partial charge in [-0.1, -0.05) is 24.6 Å². The minimum Gasteiger partial charge on any atom is -0.490 e. The Morgan fingerprint density at radius 3 is 2.50 bits per heavy atom. The fourth-order valence-electron chi connectivity index (χ4n) is 1.28. The van der Waals surface area contributed by atoms with Crippen LogP contribution in [0.4, 0.5) is 0 Å². The highest BCUT2D eigenvalue weighted by Gasteiger charge is 1.94. The minimum atomic E-state index is 0.648. The summed E-state index contributed by atoms with van der Waals surface area (Å²) in [5, 5.41) is 3.29. The van der Waals surface area contributed by atoms with E-state index in [0.717, 1.165) is 18.8 Å². The molecule has 0 heterocycles. The molecule has 1 rings (SSSR count). The summed E-state index contributed by atoms with van der Waals surface area (Å²) < 4.78 is 5.58. The number of ether oxygens (including phenoxy) is 1. The predicted octanol–water partition coefficient (Wildman–Crippen LogP) is 3.14. The molecule has 0 aliphatic heterocycles. The molecule has 0 amide bonds. The first kappa shape index (κ1) is 12.8. The van der Waals surface area contributed by atoms with Gasteiger partial charge in [0.25, 0.3) is 0 Å². The van der Waals surface area contributed by atoms with E-state index < -0.39 is 0 Å². The molecule has 0 bridgehead atoms. The molecular formula is C14H21NO. The lowest BCUT2D eigenvalue weighted by molar-refractivity contribution is 0.362. The van der Waals surface area contributed by atoms with Crippen LogP contribution in [0, 0.1) is 0 Å². The van der Waals surface area contributed by atoms with E-state index in [2.05, 4.69) is 44.3 Å². The van der Waals surface area contributed by atoms with Gasteiger partial charge in [-0.05, 0) is 44.2 Å². The summed E-state index contributed by atoms with van der Waals surface area (Å²) in [6.45, 7) is 8.82. The number of allylic oxidation sites excluding steroid dienone is 1. The second-order valence-electron chi connectivity index (χ2n) is 4.02. The number of benzene rings is 1. The first-order valence-electron chi connectivity index (χ1n) is 5.78. The third-order valence-corrected chi connectivity index (χ3v) is 2.24. The van der Waals surface area contributed by atoms with Crippen LogP contribution in [0.2, 0.25) is 0 Å². The van der Waals surface area contributed by atoms with Crippen molar-refractivity contribution in [1.29, 1.82) is 0 Å². The summed E-state index contributed by atoms with van der Waals surface area (Å²) in [5.41, 5.74) is 2.57. The molecule has 0 fully saturated rings. The smallest absolute Gasteiger partial charge is 0.119 e. The lowest BCUT2D eigenvalue weighted by Crippen LogP contribution is -2.11. The SMILES string of the molecule is CCNCc1ccc(OCC=C(C)C)cc1. The van der Waals surface area contributed by atoms with Crippen LogP contribution in [0.5, 0.6) is 5.75 Å². The number of hydrogen-bond acceptors (Lipinski definition) is 2. The Labute approximate surface area is 98.3 Å². The quantitative estimate of drug-likeness (QED) is 0.742. The van der Waals surface area contributed by atoms with Gasteiger partial charge < -0.3 is 10.1 Å². The van der Waals surface area contributed by atoms with Crippen molar-refractivity contribution >= 4 is 0 Å². The largest absolute Gasteiger partial charge is 0.490 e. The Morgan fingerprint density at radius 1 is 1.25 bits per heavy atom. The second kappa shape index (κ2) is 7.07. The van der Waals surface area contributed by atoms with Crippen LogP contribution >= 0.6 is 0 Å². The molecule has 0 radical (unpaired) electrons. The minimum absolute atomic E-state index is 0.648. The van der Waals surface area contributed by atoms with Gasteiger partial charge in [-0.3, -0.25) is 0 Å². The van der Waals surface area contributed by atoms with E-state index in [4.69, 9.17) is 4.74 Å². The van der Waals surface area contributed by atoms with Crippen LogP contribution < -0.4 is 10.1 Å². The number of rotatable bonds is 6. The molecule has 2 heteroatoms. The maximum absolute atomic E-state index is 5.58. The molecule has 0 unspecified atom stereocenters. The molecule has 1 aromatic carbocycles. The molecule has 0 spiro atoms. The molecule has 0 saturated carbocycles. The molecule has 0 atom stereocenters. The van der Waals surface area contributed by atoms with Gasteiger partial charge in [-0.2, -0.15) is 0 Å². The molecule has 1 aromatic rings. The average Bonchev–Trinajstić information content (AvgIpc) is 2.27. The lowest BCUT2D eigenvalue weighted by Gasteiger charge is -2.05. The molecule has 0 aliphatic rings. The van der Waals surface area contributed by atoms with Crippen molar-refractivity contribution in [3.8, 4) is 5.75 Å². The Morgan fingerprint density at radius 2 is 1.94 bits per heavy atom. The van der Waals surface area contributed by atoms with Crippen LogP contribution in [0.1, 0.15) is 26.3 Å². The van der Waals surface area contributed by atoms with Crippen molar-refractivity contribution in [2.24, 2.45) is 0 Å². The van der Waals surface area contributed by atoms with Crippen LogP contribution in [-0.2, 0) is 6.54 Å². The Bertz CT molecular complexity index is 323. The molecule has 16 heavy (non-hydrogen) atoms. The van der Waals surface area contributed by atoms with Crippen LogP contribution in [0.15, 0.2) is 35.9 Å². The molecular weight excluding hydrogens is 198 g/mol. The number of hydrogen-bond donors (Lipinski definition) is 1.